The summed E-state index contributed by atoms with van der Waals surface area (Å²) in [6.07, 6.45) is 1.57. The van der Waals surface area contributed by atoms with E-state index >= 15 is 0 Å². The van der Waals surface area contributed by atoms with E-state index in [0.717, 1.165) is 28.2 Å². The fraction of sp³-hybridized carbons (Fsp3) is 0.167. The molecule has 0 saturated heterocycles. The first-order valence-corrected chi connectivity index (χ1v) is 9.44. The van der Waals surface area contributed by atoms with Crippen LogP contribution in [0.1, 0.15) is 27.0 Å². The van der Waals surface area contributed by atoms with E-state index in [1.54, 1.807) is 37.6 Å². The Labute approximate surface area is 176 Å². The lowest BCUT2D eigenvalue weighted by atomic mass is 10.1. The van der Waals surface area contributed by atoms with Crippen molar-refractivity contribution in [2.45, 2.75) is 13.5 Å². The van der Waals surface area contributed by atoms with E-state index in [4.69, 9.17) is 14.2 Å². The van der Waals surface area contributed by atoms with Crippen LogP contribution in [0.3, 0.4) is 0 Å². The summed E-state index contributed by atoms with van der Waals surface area (Å²) >= 11 is 0. The molecule has 1 amide bonds. The zero-order chi connectivity index (χ0) is 21.3. The molecule has 0 aliphatic carbocycles. The summed E-state index contributed by atoms with van der Waals surface area (Å²) in [6, 6.07) is 20.4. The Morgan fingerprint density at radius 3 is 2.37 bits per heavy atom. The third-order valence-electron chi connectivity index (χ3n) is 4.51. The maximum absolute atomic E-state index is 12.3. The molecule has 0 bridgehead atoms. The van der Waals surface area contributed by atoms with E-state index in [0.29, 0.717) is 17.9 Å². The van der Waals surface area contributed by atoms with Crippen molar-refractivity contribution < 1.29 is 19.0 Å². The second-order valence-electron chi connectivity index (χ2n) is 6.52. The van der Waals surface area contributed by atoms with E-state index in [2.05, 4.69) is 10.5 Å². The molecule has 0 heterocycles. The van der Waals surface area contributed by atoms with Gasteiger partial charge >= 0.3 is 0 Å². The van der Waals surface area contributed by atoms with Gasteiger partial charge in [0.1, 0.15) is 23.9 Å². The number of ether oxygens (including phenoxy) is 3. The van der Waals surface area contributed by atoms with Gasteiger partial charge in [0.05, 0.1) is 26.0 Å². The molecule has 0 fully saturated rings. The molecular weight excluding hydrogens is 380 g/mol. The largest absolute Gasteiger partial charge is 0.496 e. The molecule has 6 heteroatoms. The standard InChI is InChI=1S/C24H24N2O4/c1-17-8-4-6-10-21(17)30-16-19-14-18(12-13-22(19)28-2)15-25-26-24(27)20-9-5-7-11-23(20)29-3/h4-15H,16H2,1-3H3,(H,26,27)/b25-15+. The number of hydrogen-bond acceptors (Lipinski definition) is 5. The molecule has 3 aromatic rings. The molecule has 3 aromatic carbocycles. The predicted octanol–water partition coefficient (Wildman–Crippen LogP) is 4.36. The van der Waals surface area contributed by atoms with Crippen molar-refractivity contribution in [3.05, 3.63) is 89.0 Å². The Kier molecular flexibility index (Phi) is 7.05. The van der Waals surface area contributed by atoms with Crippen LogP contribution >= 0.6 is 0 Å². The Hall–Kier alpha value is -3.80. The Balaban J connectivity index is 1.69. The number of amides is 1. The van der Waals surface area contributed by atoms with Gasteiger partial charge in [-0.1, -0.05) is 30.3 Å². The zero-order valence-corrected chi connectivity index (χ0v) is 17.2. The normalized spacial score (nSPS) is 10.6. The minimum Gasteiger partial charge on any atom is -0.496 e. The number of carbonyl (C=O) groups excluding carboxylic acids is 1. The van der Waals surface area contributed by atoms with Gasteiger partial charge < -0.3 is 14.2 Å². The summed E-state index contributed by atoms with van der Waals surface area (Å²) in [5.74, 6) is 1.69. The minimum absolute atomic E-state index is 0.347. The summed E-state index contributed by atoms with van der Waals surface area (Å²) in [6.45, 7) is 2.35. The van der Waals surface area contributed by atoms with Crippen LogP contribution in [0.15, 0.2) is 71.8 Å². The van der Waals surface area contributed by atoms with Gasteiger partial charge in [0.2, 0.25) is 0 Å². The first kappa shape index (κ1) is 20.9. The molecular formula is C24H24N2O4. The number of nitrogens with one attached hydrogen (secondary N) is 1. The zero-order valence-electron chi connectivity index (χ0n) is 17.2. The van der Waals surface area contributed by atoms with Gasteiger partial charge in [0.15, 0.2) is 0 Å². The second-order valence-corrected chi connectivity index (χ2v) is 6.52. The van der Waals surface area contributed by atoms with E-state index in [1.165, 1.54) is 7.11 Å². The molecule has 0 saturated carbocycles. The van der Waals surface area contributed by atoms with Crippen molar-refractivity contribution >= 4 is 12.1 Å². The second kappa shape index (κ2) is 10.1. The Morgan fingerprint density at radius 2 is 1.63 bits per heavy atom. The van der Waals surface area contributed by atoms with Crippen molar-refractivity contribution in [2.24, 2.45) is 5.10 Å². The van der Waals surface area contributed by atoms with Gasteiger partial charge in [-0.15, -0.1) is 0 Å². The number of benzene rings is 3. The lowest BCUT2D eigenvalue weighted by Gasteiger charge is -2.12. The number of rotatable bonds is 8. The van der Waals surface area contributed by atoms with Gasteiger partial charge in [-0.25, -0.2) is 5.43 Å². The number of nitrogens with zero attached hydrogens (tertiary/aromatic N) is 1. The van der Waals surface area contributed by atoms with Crippen LogP contribution in [0.25, 0.3) is 0 Å². The van der Waals surface area contributed by atoms with Gasteiger partial charge in [-0.05, 0) is 54.4 Å². The lowest BCUT2D eigenvalue weighted by Crippen LogP contribution is -2.18. The highest BCUT2D eigenvalue weighted by Gasteiger charge is 2.10. The molecule has 30 heavy (non-hydrogen) atoms. The summed E-state index contributed by atoms with van der Waals surface area (Å²) in [4.78, 5) is 12.3. The summed E-state index contributed by atoms with van der Waals surface area (Å²) in [7, 11) is 3.14. The van der Waals surface area contributed by atoms with Crippen molar-refractivity contribution in [3.63, 3.8) is 0 Å². The van der Waals surface area contributed by atoms with Gasteiger partial charge in [-0.3, -0.25) is 4.79 Å². The highest BCUT2D eigenvalue weighted by Crippen LogP contribution is 2.23. The van der Waals surface area contributed by atoms with Crippen LogP contribution in [0.4, 0.5) is 0 Å². The Bertz CT molecular complexity index is 1050. The summed E-state index contributed by atoms with van der Waals surface area (Å²) in [5, 5.41) is 4.06. The predicted molar refractivity (Wildman–Crippen MR) is 117 cm³/mol. The number of hydrazone groups is 1. The van der Waals surface area contributed by atoms with Gasteiger partial charge in [0, 0.05) is 5.56 Å². The molecule has 6 nitrogen and oxygen atoms in total. The average Bonchev–Trinajstić information content (AvgIpc) is 2.78. The topological polar surface area (TPSA) is 69.2 Å². The number of para-hydroxylation sites is 2. The Morgan fingerprint density at radius 1 is 0.933 bits per heavy atom. The summed E-state index contributed by atoms with van der Waals surface area (Å²) in [5.41, 5.74) is 5.68. The smallest absolute Gasteiger partial charge is 0.275 e. The fourth-order valence-corrected chi connectivity index (χ4v) is 2.92. The molecule has 0 unspecified atom stereocenters. The number of methoxy groups -OCH3 is 2. The van der Waals surface area contributed by atoms with Crippen molar-refractivity contribution in [1.29, 1.82) is 0 Å². The molecule has 1 N–H and O–H groups in total. The lowest BCUT2D eigenvalue weighted by molar-refractivity contribution is 0.0952. The van der Waals surface area contributed by atoms with Crippen LogP contribution in [0.2, 0.25) is 0 Å². The number of hydrogen-bond donors (Lipinski definition) is 1. The fourth-order valence-electron chi connectivity index (χ4n) is 2.92. The monoisotopic (exact) mass is 404 g/mol. The SMILES string of the molecule is COc1ccc(/C=N/NC(=O)c2ccccc2OC)cc1COc1ccccc1C. The summed E-state index contributed by atoms with van der Waals surface area (Å²) < 4.78 is 16.6. The molecule has 0 atom stereocenters. The molecule has 0 spiro atoms. The van der Waals surface area contributed by atoms with Crippen molar-refractivity contribution in [1.82, 2.24) is 5.43 Å². The van der Waals surface area contributed by atoms with Crippen LogP contribution in [0, 0.1) is 6.92 Å². The molecule has 0 aromatic heterocycles. The third-order valence-corrected chi connectivity index (χ3v) is 4.51. The maximum Gasteiger partial charge on any atom is 0.275 e. The van der Waals surface area contributed by atoms with Crippen LogP contribution in [0.5, 0.6) is 17.2 Å². The first-order valence-electron chi connectivity index (χ1n) is 9.44. The first-order chi connectivity index (χ1) is 14.6. The van der Waals surface area contributed by atoms with Crippen LogP contribution in [-0.2, 0) is 6.61 Å². The van der Waals surface area contributed by atoms with Gasteiger partial charge in [-0.2, -0.15) is 5.10 Å². The van der Waals surface area contributed by atoms with E-state index in [9.17, 15) is 4.79 Å². The maximum atomic E-state index is 12.3. The van der Waals surface area contributed by atoms with Crippen molar-refractivity contribution in [2.75, 3.05) is 14.2 Å². The molecule has 0 radical (unpaired) electrons. The molecule has 0 aliphatic rings. The van der Waals surface area contributed by atoms with E-state index < -0.39 is 0 Å². The average molecular weight is 404 g/mol. The van der Waals surface area contributed by atoms with E-state index in [-0.39, 0.29) is 5.91 Å². The number of carbonyl (C=O) groups is 1. The van der Waals surface area contributed by atoms with Gasteiger partial charge in [0.25, 0.3) is 5.91 Å². The highest BCUT2D eigenvalue weighted by atomic mass is 16.5. The van der Waals surface area contributed by atoms with Crippen LogP contribution in [-0.4, -0.2) is 26.3 Å². The quantitative estimate of drug-likeness (QED) is 0.448. The number of aryl methyl sites for hydroxylation is 1. The molecule has 154 valence electrons. The van der Waals surface area contributed by atoms with Crippen molar-refractivity contribution in [3.8, 4) is 17.2 Å². The molecule has 3 rings (SSSR count). The molecule has 0 aliphatic heterocycles. The van der Waals surface area contributed by atoms with E-state index in [1.807, 2.05) is 49.4 Å². The van der Waals surface area contributed by atoms with Crippen LogP contribution < -0.4 is 19.6 Å². The highest BCUT2D eigenvalue weighted by molar-refractivity contribution is 5.97. The minimum atomic E-state index is -0.347. The third kappa shape index (κ3) is 5.17.